The number of hydrogen-bond donors (Lipinski definition) is 0. The largest absolute Gasteiger partial charge is 0.349 e. The van der Waals surface area contributed by atoms with Crippen LogP contribution in [0.25, 0.3) is 6.08 Å². The molecular weight excluding hydrogens is 386 g/mol. The Balaban J connectivity index is 1.47. The Morgan fingerprint density at radius 2 is 1.90 bits per heavy atom. The van der Waals surface area contributed by atoms with Gasteiger partial charge < -0.3 is 9.80 Å². The second kappa shape index (κ2) is 7.83. The minimum atomic E-state index is -3.69. The third kappa shape index (κ3) is 3.96. The molecular formula is C22H23N3O3S. The number of carbonyl (C=O) groups excluding carboxylic acids is 1. The highest BCUT2D eigenvalue weighted by Gasteiger charge is 2.33. The van der Waals surface area contributed by atoms with E-state index in [1.54, 1.807) is 36.2 Å². The highest BCUT2D eigenvalue weighted by molar-refractivity contribution is 7.90. The van der Waals surface area contributed by atoms with Crippen molar-refractivity contribution in [3.8, 4) is 0 Å². The van der Waals surface area contributed by atoms with Gasteiger partial charge in [0, 0.05) is 19.2 Å². The fourth-order valence-electron chi connectivity index (χ4n) is 3.82. The van der Waals surface area contributed by atoms with E-state index in [1.165, 1.54) is 0 Å². The van der Waals surface area contributed by atoms with E-state index in [0.717, 1.165) is 18.4 Å². The molecule has 1 amide bonds. The molecule has 2 heterocycles. The van der Waals surface area contributed by atoms with Gasteiger partial charge in [-0.15, -0.1) is 4.40 Å². The third-order valence-electron chi connectivity index (χ3n) is 5.28. The Morgan fingerprint density at radius 3 is 2.69 bits per heavy atom. The number of fused-ring (bicyclic) bond motifs is 1. The van der Waals surface area contributed by atoms with Crippen LogP contribution in [-0.4, -0.2) is 56.1 Å². The summed E-state index contributed by atoms with van der Waals surface area (Å²) in [5.41, 5.74) is 1.65. The predicted molar refractivity (Wildman–Crippen MR) is 113 cm³/mol. The molecule has 1 unspecified atom stereocenters. The molecule has 1 atom stereocenters. The van der Waals surface area contributed by atoms with Crippen molar-refractivity contribution >= 4 is 27.8 Å². The van der Waals surface area contributed by atoms with Crippen LogP contribution >= 0.6 is 0 Å². The lowest BCUT2D eigenvalue weighted by atomic mass is 10.1. The van der Waals surface area contributed by atoms with E-state index in [-0.39, 0.29) is 23.4 Å². The summed E-state index contributed by atoms with van der Waals surface area (Å²) in [6.07, 6.45) is 6.01. The Kier molecular flexibility index (Phi) is 5.24. The third-order valence-corrected chi connectivity index (χ3v) is 6.60. The number of carbonyl (C=O) groups is 1. The minimum absolute atomic E-state index is 0.0304. The topological polar surface area (TPSA) is 70.1 Å². The maximum absolute atomic E-state index is 13.0. The number of rotatable bonds is 4. The fraction of sp³-hybridized carbons (Fsp3) is 0.273. The Bertz CT molecular complexity index is 1080. The van der Waals surface area contributed by atoms with Crippen LogP contribution in [0.1, 0.15) is 24.0 Å². The lowest BCUT2D eigenvalue weighted by Crippen LogP contribution is -2.42. The number of amidine groups is 1. The van der Waals surface area contributed by atoms with Crippen LogP contribution in [0.15, 0.2) is 70.0 Å². The first-order valence-electron chi connectivity index (χ1n) is 9.64. The molecule has 6 nitrogen and oxygen atoms in total. The average molecular weight is 410 g/mol. The molecule has 0 N–H and O–H groups in total. The van der Waals surface area contributed by atoms with Crippen LogP contribution in [0.4, 0.5) is 0 Å². The van der Waals surface area contributed by atoms with Gasteiger partial charge in [-0.2, -0.15) is 8.42 Å². The normalized spacial score (nSPS) is 20.0. The Labute approximate surface area is 171 Å². The van der Waals surface area contributed by atoms with E-state index < -0.39 is 10.0 Å². The molecule has 2 aliphatic rings. The summed E-state index contributed by atoms with van der Waals surface area (Å²) in [6, 6.07) is 16.8. The van der Waals surface area contributed by atoms with Crippen LogP contribution in [-0.2, 0) is 14.8 Å². The van der Waals surface area contributed by atoms with Gasteiger partial charge in [0.15, 0.2) is 5.84 Å². The van der Waals surface area contributed by atoms with E-state index in [1.807, 2.05) is 41.3 Å². The molecule has 2 aliphatic heterocycles. The molecule has 2 aromatic rings. The van der Waals surface area contributed by atoms with Crippen LogP contribution in [0, 0.1) is 0 Å². The molecule has 2 aromatic carbocycles. The van der Waals surface area contributed by atoms with Gasteiger partial charge in [-0.3, -0.25) is 4.79 Å². The number of benzene rings is 2. The summed E-state index contributed by atoms with van der Waals surface area (Å²) >= 11 is 0. The molecule has 0 aliphatic carbocycles. The fourth-order valence-corrected chi connectivity index (χ4v) is 5.07. The number of amides is 1. The molecule has 29 heavy (non-hydrogen) atoms. The standard InChI is InChI=1S/C22H23N3O3S/c1-24(22-19-11-5-6-12-20(19)29(27,28)23-22)16-21(26)25-15-7-10-18(25)14-13-17-8-3-2-4-9-17/h2-6,8-9,11-14,18H,7,10,15-16H2,1H3/b14-13+. The van der Waals surface area contributed by atoms with Gasteiger partial charge in [0.1, 0.15) is 4.90 Å². The van der Waals surface area contributed by atoms with Gasteiger partial charge in [-0.05, 0) is 30.5 Å². The van der Waals surface area contributed by atoms with Crippen molar-refractivity contribution in [3.63, 3.8) is 0 Å². The number of nitrogens with zero attached hydrogens (tertiary/aromatic N) is 3. The van der Waals surface area contributed by atoms with Gasteiger partial charge in [0.25, 0.3) is 10.0 Å². The summed E-state index contributed by atoms with van der Waals surface area (Å²) in [7, 11) is -1.99. The number of hydrogen-bond acceptors (Lipinski definition) is 4. The number of likely N-dealkylation sites (tertiary alicyclic amines) is 1. The summed E-state index contributed by atoms with van der Waals surface area (Å²) in [5, 5.41) is 0. The van der Waals surface area contributed by atoms with Gasteiger partial charge in [0.05, 0.1) is 12.6 Å². The molecule has 1 fully saturated rings. The lowest BCUT2D eigenvalue weighted by Gasteiger charge is -2.26. The van der Waals surface area contributed by atoms with Crippen molar-refractivity contribution in [1.29, 1.82) is 0 Å². The van der Waals surface area contributed by atoms with Gasteiger partial charge in [-0.1, -0.05) is 54.6 Å². The van der Waals surface area contributed by atoms with Crippen molar-refractivity contribution in [1.82, 2.24) is 9.80 Å². The van der Waals surface area contributed by atoms with Gasteiger partial charge >= 0.3 is 0 Å². The van der Waals surface area contributed by atoms with E-state index in [9.17, 15) is 13.2 Å². The molecule has 0 saturated carbocycles. The highest BCUT2D eigenvalue weighted by atomic mass is 32.2. The zero-order valence-corrected chi connectivity index (χ0v) is 17.0. The first-order valence-corrected chi connectivity index (χ1v) is 11.1. The van der Waals surface area contributed by atoms with Crippen molar-refractivity contribution < 1.29 is 13.2 Å². The van der Waals surface area contributed by atoms with Gasteiger partial charge in [-0.25, -0.2) is 0 Å². The smallest absolute Gasteiger partial charge is 0.285 e. The number of likely N-dealkylation sites (N-methyl/N-ethyl adjacent to an activating group) is 1. The summed E-state index contributed by atoms with van der Waals surface area (Å²) < 4.78 is 28.4. The zero-order chi connectivity index (χ0) is 20.4. The van der Waals surface area contributed by atoms with E-state index in [4.69, 9.17) is 0 Å². The second-order valence-electron chi connectivity index (χ2n) is 7.31. The van der Waals surface area contributed by atoms with E-state index in [0.29, 0.717) is 17.9 Å². The van der Waals surface area contributed by atoms with Crippen LogP contribution in [0.2, 0.25) is 0 Å². The summed E-state index contributed by atoms with van der Waals surface area (Å²) in [4.78, 5) is 16.6. The van der Waals surface area contributed by atoms with Crippen molar-refractivity contribution in [2.45, 2.75) is 23.8 Å². The average Bonchev–Trinajstić information content (AvgIpc) is 3.30. The van der Waals surface area contributed by atoms with Crippen LogP contribution in [0.3, 0.4) is 0 Å². The van der Waals surface area contributed by atoms with Crippen LogP contribution in [0.5, 0.6) is 0 Å². The molecule has 0 radical (unpaired) electrons. The monoisotopic (exact) mass is 409 g/mol. The van der Waals surface area contributed by atoms with E-state index in [2.05, 4.69) is 10.5 Å². The Morgan fingerprint density at radius 1 is 1.17 bits per heavy atom. The quantitative estimate of drug-likeness (QED) is 0.779. The lowest BCUT2D eigenvalue weighted by molar-refractivity contribution is -0.131. The molecule has 4 rings (SSSR count). The van der Waals surface area contributed by atoms with Crippen molar-refractivity contribution in [3.05, 3.63) is 71.8 Å². The highest BCUT2D eigenvalue weighted by Crippen LogP contribution is 2.27. The summed E-state index contributed by atoms with van der Waals surface area (Å²) in [6.45, 7) is 0.788. The SMILES string of the molecule is CN(CC(=O)N1CCCC1/C=C/c1ccccc1)C1=NS(=O)(=O)c2ccccc21. The number of sulfonamides is 1. The second-order valence-corrected chi connectivity index (χ2v) is 8.88. The molecule has 0 bridgehead atoms. The van der Waals surface area contributed by atoms with E-state index >= 15 is 0 Å². The first kappa shape index (κ1) is 19.4. The molecule has 150 valence electrons. The zero-order valence-electron chi connectivity index (χ0n) is 16.2. The molecule has 0 aromatic heterocycles. The summed E-state index contributed by atoms with van der Waals surface area (Å²) in [5.74, 6) is 0.293. The predicted octanol–water partition coefficient (Wildman–Crippen LogP) is 2.77. The Hall–Kier alpha value is -2.93. The van der Waals surface area contributed by atoms with Crippen LogP contribution < -0.4 is 0 Å². The van der Waals surface area contributed by atoms with Crippen molar-refractivity contribution in [2.24, 2.45) is 4.40 Å². The van der Waals surface area contributed by atoms with Crippen molar-refractivity contribution in [2.75, 3.05) is 20.1 Å². The molecule has 1 saturated heterocycles. The van der Waals surface area contributed by atoms with Gasteiger partial charge in [0.2, 0.25) is 5.91 Å². The molecule has 7 heteroatoms. The maximum Gasteiger partial charge on any atom is 0.285 e. The minimum Gasteiger partial charge on any atom is -0.349 e. The molecule has 0 spiro atoms. The first-order chi connectivity index (χ1) is 14.0. The maximum atomic E-state index is 13.0.